The van der Waals surface area contributed by atoms with Gasteiger partial charge in [-0.25, -0.2) is 0 Å². The number of hydrogen-bond acceptors (Lipinski definition) is 5. The van der Waals surface area contributed by atoms with Crippen LogP contribution in [0.3, 0.4) is 0 Å². The van der Waals surface area contributed by atoms with Gasteiger partial charge in [-0.1, -0.05) is 42.5 Å². The number of aryl methyl sites for hydroxylation is 1. The maximum absolute atomic E-state index is 12.8. The molecule has 0 aliphatic carbocycles. The number of carbonyl (C=O) groups excluding carboxylic acids is 2. The minimum Gasteiger partial charge on any atom is -0.368 e. The zero-order chi connectivity index (χ0) is 23.0. The van der Waals surface area contributed by atoms with Crippen LogP contribution < -0.4 is 10.2 Å². The monoisotopic (exact) mass is 449 g/mol. The highest BCUT2D eigenvalue weighted by Crippen LogP contribution is 2.18. The SMILES string of the molecule is Cc1cccc(N2CCN(C(=O)CN3CCN(CC(=O)NCc4ccccc4)CC3)CC2)c1. The Bertz CT molecular complexity index is 919. The summed E-state index contributed by atoms with van der Waals surface area (Å²) in [7, 11) is 0. The number of amides is 2. The first-order valence-corrected chi connectivity index (χ1v) is 11.9. The molecule has 0 saturated carbocycles. The molecule has 2 aromatic rings. The van der Waals surface area contributed by atoms with E-state index in [0.717, 1.165) is 57.9 Å². The molecule has 0 unspecified atom stereocenters. The van der Waals surface area contributed by atoms with Crippen LogP contribution in [0, 0.1) is 6.92 Å². The van der Waals surface area contributed by atoms with Crippen molar-refractivity contribution < 1.29 is 9.59 Å². The molecule has 2 aliphatic rings. The molecule has 7 nitrogen and oxygen atoms in total. The molecule has 2 fully saturated rings. The lowest BCUT2D eigenvalue weighted by molar-refractivity contribution is -0.133. The molecule has 0 aromatic heterocycles. The number of rotatable bonds is 7. The lowest BCUT2D eigenvalue weighted by Crippen LogP contribution is -2.54. The molecule has 2 heterocycles. The summed E-state index contributed by atoms with van der Waals surface area (Å²) >= 11 is 0. The second-order valence-electron chi connectivity index (χ2n) is 9.02. The average molecular weight is 450 g/mol. The molecule has 0 bridgehead atoms. The quantitative estimate of drug-likeness (QED) is 0.696. The third-order valence-electron chi connectivity index (χ3n) is 6.52. The van der Waals surface area contributed by atoms with Crippen molar-refractivity contribution in [3.05, 3.63) is 65.7 Å². The van der Waals surface area contributed by atoms with Gasteiger partial charge in [0.1, 0.15) is 0 Å². The minimum atomic E-state index is 0.0508. The summed E-state index contributed by atoms with van der Waals surface area (Å²) in [5, 5.41) is 2.99. The highest BCUT2D eigenvalue weighted by Gasteiger charge is 2.25. The Morgan fingerprint density at radius 3 is 2.12 bits per heavy atom. The van der Waals surface area contributed by atoms with Crippen molar-refractivity contribution in [2.75, 3.05) is 70.3 Å². The number of hydrogen-bond donors (Lipinski definition) is 1. The van der Waals surface area contributed by atoms with Gasteiger partial charge in [0, 0.05) is 64.6 Å². The van der Waals surface area contributed by atoms with Crippen LogP contribution in [0.1, 0.15) is 11.1 Å². The van der Waals surface area contributed by atoms with E-state index in [9.17, 15) is 9.59 Å². The van der Waals surface area contributed by atoms with Crippen LogP contribution in [0.15, 0.2) is 54.6 Å². The van der Waals surface area contributed by atoms with E-state index >= 15 is 0 Å². The van der Waals surface area contributed by atoms with E-state index < -0.39 is 0 Å². The summed E-state index contributed by atoms with van der Waals surface area (Å²) in [6.45, 7) is 10.1. The van der Waals surface area contributed by atoms with Crippen LogP contribution in [-0.2, 0) is 16.1 Å². The van der Waals surface area contributed by atoms with Gasteiger partial charge < -0.3 is 15.1 Å². The fourth-order valence-corrected chi connectivity index (χ4v) is 4.49. The topological polar surface area (TPSA) is 59.1 Å². The summed E-state index contributed by atoms with van der Waals surface area (Å²) in [4.78, 5) is 33.8. The van der Waals surface area contributed by atoms with Crippen molar-refractivity contribution in [2.45, 2.75) is 13.5 Å². The summed E-state index contributed by atoms with van der Waals surface area (Å²) < 4.78 is 0. The highest BCUT2D eigenvalue weighted by atomic mass is 16.2. The maximum Gasteiger partial charge on any atom is 0.236 e. The second-order valence-corrected chi connectivity index (χ2v) is 9.02. The molecular weight excluding hydrogens is 414 g/mol. The van der Waals surface area contributed by atoms with Gasteiger partial charge in [0.15, 0.2) is 0 Å². The number of nitrogens with one attached hydrogen (secondary N) is 1. The molecule has 2 saturated heterocycles. The maximum atomic E-state index is 12.8. The van der Waals surface area contributed by atoms with Gasteiger partial charge in [0.25, 0.3) is 0 Å². The van der Waals surface area contributed by atoms with Crippen molar-refractivity contribution in [1.29, 1.82) is 0 Å². The van der Waals surface area contributed by atoms with E-state index in [0.29, 0.717) is 19.6 Å². The number of anilines is 1. The van der Waals surface area contributed by atoms with Crippen LogP contribution >= 0.6 is 0 Å². The fourth-order valence-electron chi connectivity index (χ4n) is 4.49. The Hall–Kier alpha value is -2.90. The van der Waals surface area contributed by atoms with Gasteiger partial charge in [-0.15, -0.1) is 0 Å². The third kappa shape index (κ3) is 6.79. The van der Waals surface area contributed by atoms with E-state index in [2.05, 4.69) is 51.2 Å². The Morgan fingerprint density at radius 1 is 0.788 bits per heavy atom. The zero-order valence-corrected chi connectivity index (χ0v) is 19.6. The average Bonchev–Trinajstić information content (AvgIpc) is 2.85. The van der Waals surface area contributed by atoms with Gasteiger partial charge >= 0.3 is 0 Å². The van der Waals surface area contributed by atoms with E-state index in [1.54, 1.807) is 0 Å². The molecule has 33 heavy (non-hydrogen) atoms. The Morgan fingerprint density at radius 2 is 1.45 bits per heavy atom. The van der Waals surface area contributed by atoms with Gasteiger partial charge in [0.2, 0.25) is 11.8 Å². The summed E-state index contributed by atoms with van der Waals surface area (Å²) in [5.74, 6) is 0.266. The molecule has 176 valence electrons. The van der Waals surface area contributed by atoms with Crippen molar-refractivity contribution in [3.8, 4) is 0 Å². The molecule has 0 atom stereocenters. The summed E-state index contributed by atoms with van der Waals surface area (Å²) in [5.41, 5.74) is 3.61. The molecule has 0 spiro atoms. The van der Waals surface area contributed by atoms with E-state index in [1.807, 2.05) is 35.2 Å². The standard InChI is InChI=1S/C26H35N5O2/c1-22-6-5-9-24(18-22)30-14-16-31(17-15-30)26(33)21-29-12-10-28(11-13-29)20-25(32)27-19-23-7-3-2-4-8-23/h2-9,18H,10-17,19-21H2,1H3,(H,27,32). The molecule has 0 radical (unpaired) electrons. The van der Waals surface area contributed by atoms with Gasteiger partial charge in [-0.05, 0) is 30.2 Å². The van der Waals surface area contributed by atoms with Gasteiger partial charge in [-0.2, -0.15) is 0 Å². The molecule has 2 amide bonds. The van der Waals surface area contributed by atoms with E-state index in [1.165, 1.54) is 11.3 Å². The minimum absolute atomic E-state index is 0.0508. The molecule has 4 rings (SSSR count). The number of nitrogens with zero attached hydrogens (tertiary/aromatic N) is 4. The van der Waals surface area contributed by atoms with Gasteiger partial charge in [0.05, 0.1) is 13.1 Å². The lowest BCUT2D eigenvalue weighted by atomic mass is 10.2. The van der Waals surface area contributed by atoms with E-state index in [-0.39, 0.29) is 11.8 Å². The zero-order valence-electron chi connectivity index (χ0n) is 19.6. The predicted octanol–water partition coefficient (Wildman–Crippen LogP) is 1.58. The molecule has 1 N–H and O–H groups in total. The third-order valence-corrected chi connectivity index (χ3v) is 6.52. The van der Waals surface area contributed by atoms with Crippen molar-refractivity contribution >= 4 is 17.5 Å². The predicted molar refractivity (Wildman–Crippen MR) is 131 cm³/mol. The first-order chi connectivity index (χ1) is 16.1. The molecule has 2 aliphatic heterocycles. The first-order valence-electron chi connectivity index (χ1n) is 11.9. The number of carbonyl (C=O) groups is 2. The largest absolute Gasteiger partial charge is 0.368 e. The molecule has 2 aromatic carbocycles. The fraction of sp³-hybridized carbons (Fsp3) is 0.462. The summed E-state index contributed by atoms with van der Waals surface area (Å²) in [6.07, 6.45) is 0. The Labute approximate surface area is 196 Å². The van der Waals surface area contributed by atoms with Crippen molar-refractivity contribution in [2.24, 2.45) is 0 Å². The van der Waals surface area contributed by atoms with Crippen LogP contribution in [0.25, 0.3) is 0 Å². The first kappa shape index (κ1) is 23.3. The Balaban J connectivity index is 1.13. The van der Waals surface area contributed by atoms with Gasteiger partial charge in [-0.3, -0.25) is 19.4 Å². The van der Waals surface area contributed by atoms with Crippen molar-refractivity contribution in [1.82, 2.24) is 20.0 Å². The van der Waals surface area contributed by atoms with Crippen LogP contribution in [-0.4, -0.2) is 92.0 Å². The molecular formula is C26H35N5O2. The second kappa shape index (κ2) is 11.3. The molecule has 7 heteroatoms. The smallest absolute Gasteiger partial charge is 0.236 e. The van der Waals surface area contributed by atoms with Crippen molar-refractivity contribution in [3.63, 3.8) is 0 Å². The lowest BCUT2D eigenvalue weighted by Gasteiger charge is -2.38. The van der Waals surface area contributed by atoms with Crippen LogP contribution in [0.4, 0.5) is 5.69 Å². The number of benzene rings is 2. The number of piperazine rings is 2. The van der Waals surface area contributed by atoms with Crippen LogP contribution in [0.5, 0.6) is 0 Å². The Kier molecular flexibility index (Phi) is 7.96. The van der Waals surface area contributed by atoms with E-state index in [4.69, 9.17) is 0 Å². The van der Waals surface area contributed by atoms with Crippen LogP contribution in [0.2, 0.25) is 0 Å². The normalized spacial score (nSPS) is 17.7. The summed E-state index contributed by atoms with van der Waals surface area (Å²) in [6, 6.07) is 18.5. The highest BCUT2D eigenvalue weighted by molar-refractivity contribution is 5.79.